The van der Waals surface area contributed by atoms with Gasteiger partial charge in [0.2, 0.25) is 0 Å². The van der Waals surface area contributed by atoms with Crippen LogP contribution in [0.3, 0.4) is 0 Å². The largest absolute Gasteiger partial charge is 0.316 e. The zero-order valence-electron chi connectivity index (χ0n) is 14.8. The lowest BCUT2D eigenvalue weighted by Gasteiger charge is -2.08. The summed E-state index contributed by atoms with van der Waals surface area (Å²) in [6, 6.07) is 15.1. The summed E-state index contributed by atoms with van der Waals surface area (Å²) in [7, 11) is 1.80. The Balaban J connectivity index is 2.03. The Labute approximate surface area is 146 Å². The topological polar surface area (TPSA) is 56.0 Å². The number of benzene rings is 2. The van der Waals surface area contributed by atoms with Crippen molar-refractivity contribution >= 4 is 11.6 Å². The van der Waals surface area contributed by atoms with E-state index in [1.807, 2.05) is 69.3 Å². The molecular formula is C20H21N3O2. The van der Waals surface area contributed by atoms with Crippen molar-refractivity contribution < 1.29 is 4.79 Å². The van der Waals surface area contributed by atoms with Gasteiger partial charge in [0.25, 0.3) is 11.5 Å². The molecule has 0 spiro atoms. The molecule has 2 aromatic carbocycles. The standard InChI is InChI=1S/C20H21N3O2/c1-13-10-11-14(2)17(12-13)19(24)21-18-15(3)22(4)23(20(18)25)16-8-6-5-7-9-16/h5-12H,1-4H3,(H,21,24). The fourth-order valence-electron chi connectivity index (χ4n) is 2.87. The zero-order valence-corrected chi connectivity index (χ0v) is 14.8. The van der Waals surface area contributed by atoms with Gasteiger partial charge in [-0.3, -0.25) is 14.3 Å². The Hall–Kier alpha value is -3.08. The minimum absolute atomic E-state index is 0.246. The van der Waals surface area contributed by atoms with Crippen molar-refractivity contribution in [2.75, 3.05) is 5.32 Å². The molecule has 0 atom stereocenters. The molecule has 0 aliphatic rings. The molecule has 128 valence electrons. The van der Waals surface area contributed by atoms with Gasteiger partial charge < -0.3 is 5.32 Å². The number of hydrogen-bond donors (Lipinski definition) is 1. The first kappa shape index (κ1) is 16.8. The molecule has 0 unspecified atom stereocenters. The van der Waals surface area contributed by atoms with E-state index in [1.54, 1.807) is 16.4 Å². The number of rotatable bonds is 3. The average Bonchev–Trinajstić information content (AvgIpc) is 2.81. The van der Waals surface area contributed by atoms with Crippen LogP contribution in [0.1, 0.15) is 27.2 Å². The molecule has 25 heavy (non-hydrogen) atoms. The molecule has 0 saturated carbocycles. The number of aromatic nitrogens is 2. The van der Waals surface area contributed by atoms with E-state index in [1.165, 1.54) is 0 Å². The van der Waals surface area contributed by atoms with Gasteiger partial charge in [-0.1, -0.05) is 35.9 Å². The average molecular weight is 335 g/mol. The number of nitrogens with one attached hydrogen (secondary N) is 1. The lowest BCUT2D eigenvalue weighted by Crippen LogP contribution is -2.23. The van der Waals surface area contributed by atoms with Gasteiger partial charge in [0.05, 0.1) is 11.4 Å². The van der Waals surface area contributed by atoms with Crippen molar-refractivity contribution in [3.8, 4) is 5.69 Å². The highest BCUT2D eigenvalue weighted by molar-refractivity contribution is 6.05. The van der Waals surface area contributed by atoms with Crippen LogP contribution in [-0.4, -0.2) is 15.3 Å². The molecule has 1 aromatic heterocycles. The minimum Gasteiger partial charge on any atom is -0.316 e. The third-order valence-corrected chi connectivity index (χ3v) is 4.43. The molecule has 0 saturated heterocycles. The van der Waals surface area contributed by atoms with Crippen molar-refractivity contribution in [1.29, 1.82) is 0 Å². The predicted octanol–water partition coefficient (Wildman–Crippen LogP) is 3.35. The van der Waals surface area contributed by atoms with Crippen LogP contribution in [0.4, 0.5) is 5.69 Å². The molecule has 0 radical (unpaired) electrons. The first-order valence-electron chi connectivity index (χ1n) is 8.12. The Morgan fingerprint density at radius 3 is 2.36 bits per heavy atom. The van der Waals surface area contributed by atoms with Crippen LogP contribution in [-0.2, 0) is 7.05 Å². The number of carbonyl (C=O) groups is 1. The Morgan fingerprint density at radius 1 is 1.00 bits per heavy atom. The summed E-state index contributed by atoms with van der Waals surface area (Å²) in [6.45, 7) is 5.64. The highest BCUT2D eigenvalue weighted by atomic mass is 16.2. The Bertz CT molecular complexity index is 998. The third-order valence-electron chi connectivity index (χ3n) is 4.43. The van der Waals surface area contributed by atoms with Gasteiger partial charge in [-0.15, -0.1) is 0 Å². The molecule has 1 N–H and O–H groups in total. The van der Waals surface area contributed by atoms with E-state index in [0.29, 0.717) is 16.9 Å². The molecule has 0 fully saturated rings. The van der Waals surface area contributed by atoms with Crippen LogP contribution >= 0.6 is 0 Å². The lowest BCUT2D eigenvalue weighted by molar-refractivity contribution is 0.102. The molecule has 0 aliphatic heterocycles. The minimum atomic E-state index is -0.271. The van der Waals surface area contributed by atoms with Crippen LogP contribution in [0.15, 0.2) is 53.3 Å². The van der Waals surface area contributed by atoms with E-state index in [-0.39, 0.29) is 11.5 Å². The van der Waals surface area contributed by atoms with Gasteiger partial charge in [-0.05, 0) is 44.5 Å². The molecule has 3 rings (SSSR count). The summed E-state index contributed by atoms with van der Waals surface area (Å²) in [6.07, 6.45) is 0. The highest BCUT2D eigenvalue weighted by Gasteiger charge is 2.19. The summed E-state index contributed by atoms with van der Waals surface area (Å²) in [5, 5.41) is 2.80. The van der Waals surface area contributed by atoms with Crippen LogP contribution in [0.25, 0.3) is 5.69 Å². The summed E-state index contributed by atoms with van der Waals surface area (Å²) in [4.78, 5) is 25.5. The van der Waals surface area contributed by atoms with E-state index < -0.39 is 0 Å². The van der Waals surface area contributed by atoms with Crippen LogP contribution in [0.5, 0.6) is 0 Å². The number of carbonyl (C=O) groups excluding carboxylic acids is 1. The first-order chi connectivity index (χ1) is 11.9. The third kappa shape index (κ3) is 3.01. The molecule has 0 bridgehead atoms. The Morgan fingerprint density at radius 2 is 1.68 bits per heavy atom. The highest BCUT2D eigenvalue weighted by Crippen LogP contribution is 2.17. The van der Waals surface area contributed by atoms with Crippen molar-refractivity contribution in [2.45, 2.75) is 20.8 Å². The second-order valence-electron chi connectivity index (χ2n) is 6.21. The number of anilines is 1. The summed E-state index contributed by atoms with van der Waals surface area (Å²) < 4.78 is 3.30. The van der Waals surface area contributed by atoms with Gasteiger partial charge in [0, 0.05) is 12.6 Å². The fourth-order valence-corrected chi connectivity index (χ4v) is 2.87. The summed E-state index contributed by atoms with van der Waals surface area (Å²) in [5.74, 6) is -0.271. The van der Waals surface area contributed by atoms with Gasteiger partial charge in [0.15, 0.2) is 0 Å². The second kappa shape index (κ2) is 6.43. The monoisotopic (exact) mass is 335 g/mol. The van der Waals surface area contributed by atoms with Crippen molar-refractivity contribution in [2.24, 2.45) is 7.05 Å². The maximum absolute atomic E-state index is 12.9. The maximum atomic E-state index is 12.9. The Kier molecular flexibility index (Phi) is 4.31. The smallest absolute Gasteiger partial charge is 0.295 e. The zero-order chi connectivity index (χ0) is 18.1. The number of nitrogens with zero attached hydrogens (tertiary/aromatic N) is 2. The van der Waals surface area contributed by atoms with E-state index in [4.69, 9.17) is 0 Å². The number of aryl methyl sites for hydroxylation is 2. The van der Waals surface area contributed by atoms with E-state index >= 15 is 0 Å². The van der Waals surface area contributed by atoms with Crippen molar-refractivity contribution in [1.82, 2.24) is 9.36 Å². The molecule has 3 aromatic rings. The van der Waals surface area contributed by atoms with E-state index in [0.717, 1.165) is 16.8 Å². The molecule has 1 amide bonds. The van der Waals surface area contributed by atoms with Gasteiger partial charge >= 0.3 is 0 Å². The van der Waals surface area contributed by atoms with Crippen molar-refractivity contribution in [3.05, 3.63) is 81.3 Å². The second-order valence-corrected chi connectivity index (χ2v) is 6.21. The summed E-state index contributed by atoms with van der Waals surface area (Å²) >= 11 is 0. The van der Waals surface area contributed by atoms with Gasteiger partial charge in [-0.25, -0.2) is 4.68 Å². The van der Waals surface area contributed by atoms with E-state index in [9.17, 15) is 9.59 Å². The van der Waals surface area contributed by atoms with Crippen LogP contribution < -0.4 is 10.9 Å². The normalized spacial score (nSPS) is 10.7. The van der Waals surface area contributed by atoms with Gasteiger partial charge in [-0.2, -0.15) is 0 Å². The molecule has 5 heteroatoms. The summed E-state index contributed by atoms with van der Waals surface area (Å²) in [5.41, 5.74) is 3.97. The number of amides is 1. The lowest BCUT2D eigenvalue weighted by atomic mass is 10.1. The molecule has 0 aliphatic carbocycles. The van der Waals surface area contributed by atoms with Gasteiger partial charge in [0.1, 0.15) is 5.69 Å². The quantitative estimate of drug-likeness (QED) is 0.798. The fraction of sp³-hybridized carbons (Fsp3) is 0.200. The number of hydrogen-bond acceptors (Lipinski definition) is 2. The van der Waals surface area contributed by atoms with Crippen LogP contribution in [0.2, 0.25) is 0 Å². The first-order valence-corrected chi connectivity index (χ1v) is 8.12. The van der Waals surface area contributed by atoms with Crippen LogP contribution in [0, 0.1) is 20.8 Å². The van der Waals surface area contributed by atoms with Crippen molar-refractivity contribution in [3.63, 3.8) is 0 Å². The molecule has 5 nitrogen and oxygen atoms in total. The predicted molar refractivity (Wildman–Crippen MR) is 99.6 cm³/mol. The molecular weight excluding hydrogens is 314 g/mol. The molecule has 1 heterocycles. The van der Waals surface area contributed by atoms with E-state index in [2.05, 4.69) is 5.32 Å². The maximum Gasteiger partial charge on any atom is 0.295 e. The SMILES string of the molecule is Cc1ccc(C)c(C(=O)Nc2c(C)n(C)n(-c3ccccc3)c2=O)c1. The number of para-hydroxylation sites is 1.